The molecule has 0 saturated carbocycles. The van der Waals surface area contributed by atoms with Gasteiger partial charge in [-0.25, -0.2) is 5.84 Å². The Balaban J connectivity index is 2.12. The molecule has 1 aromatic carbocycles. The van der Waals surface area contributed by atoms with Gasteiger partial charge in [-0.15, -0.1) is 0 Å². The van der Waals surface area contributed by atoms with Crippen LogP contribution < -0.4 is 22.4 Å². The summed E-state index contributed by atoms with van der Waals surface area (Å²) >= 11 is 0. The van der Waals surface area contributed by atoms with Gasteiger partial charge >= 0.3 is 0 Å². The van der Waals surface area contributed by atoms with E-state index in [0.29, 0.717) is 5.71 Å². The maximum absolute atomic E-state index is 11.3. The van der Waals surface area contributed by atoms with E-state index in [1.807, 2.05) is 35.8 Å². The quantitative estimate of drug-likeness (QED) is 0.291. The molecule has 1 amide bonds. The van der Waals surface area contributed by atoms with E-state index >= 15 is 0 Å². The number of carbonyl (C=O) groups is 1. The van der Waals surface area contributed by atoms with Crippen molar-refractivity contribution in [2.45, 2.75) is 6.17 Å². The molecule has 8 heteroatoms. The molecule has 8 nitrogen and oxygen atoms in total. The molecule has 1 aliphatic heterocycles. The van der Waals surface area contributed by atoms with Gasteiger partial charge in [-0.3, -0.25) is 21.1 Å². The molecule has 0 bridgehead atoms. The third-order valence-electron chi connectivity index (χ3n) is 2.90. The Morgan fingerprint density at radius 1 is 1.38 bits per heavy atom. The molecule has 1 atom stereocenters. The fourth-order valence-electron chi connectivity index (χ4n) is 1.78. The van der Waals surface area contributed by atoms with Crippen LogP contribution in [0, 0.1) is 5.41 Å². The lowest BCUT2D eigenvalue weighted by molar-refractivity contribution is -0.121. The second-order valence-corrected chi connectivity index (χ2v) is 4.37. The topological polar surface area (TPSA) is 133 Å². The highest BCUT2D eigenvalue weighted by Gasteiger charge is 2.25. The normalized spacial score (nSPS) is 19.7. The third kappa shape index (κ3) is 3.65. The molecule has 0 fully saturated rings. The number of hydrazine groups is 1. The number of amidine groups is 1. The zero-order valence-corrected chi connectivity index (χ0v) is 11.3. The van der Waals surface area contributed by atoms with Crippen molar-refractivity contribution in [2.75, 3.05) is 12.0 Å². The Bertz CT molecular complexity index is 581. The lowest BCUT2D eigenvalue weighted by atomic mass is 10.1. The lowest BCUT2D eigenvalue weighted by Crippen LogP contribution is -2.54. The molecule has 21 heavy (non-hydrogen) atoms. The summed E-state index contributed by atoms with van der Waals surface area (Å²) in [5.41, 5.74) is 11.9. The van der Waals surface area contributed by atoms with Crippen molar-refractivity contribution in [2.24, 2.45) is 16.7 Å². The van der Waals surface area contributed by atoms with Crippen molar-refractivity contribution >= 4 is 23.1 Å². The number of hydrogen-bond acceptors (Lipinski definition) is 6. The first-order chi connectivity index (χ1) is 10.1. The standard InChI is InChI=1S/C13H17N7O/c14-11-7-6-10(13(15)20(11)8-12(21)17-16)19-18-9-4-2-1-3-5-9/h1-7,11,15,18H,8,14,16H2,(H,17,21)/b15-13?,19-10+. The van der Waals surface area contributed by atoms with Crippen molar-refractivity contribution in [3.63, 3.8) is 0 Å². The lowest BCUT2D eigenvalue weighted by Gasteiger charge is -2.31. The average molecular weight is 287 g/mol. The van der Waals surface area contributed by atoms with Crippen LogP contribution in [0.5, 0.6) is 0 Å². The number of nitrogens with zero attached hydrogens (tertiary/aromatic N) is 2. The molecule has 0 saturated heterocycles. The van der Waals surface area contributed by atoms with Crippen LogP contribution in [-0.4, -0.2) is 35.1 Å². The van der Waals surface area contributed by atoms with E-state index in [-0.39, 0.29) is 12.4 Å². The van der Waals surface area contributed by atoms with Crippen LogP contribution in [-0.2, 0) is 4.79 Å². The second kappa shape index (κ2) is 6.64. The van der Waals surface area contributed by atoms with Crippen molar-refractivity contribution in [3.05, 3.63) is 42.5 Å². The van der Waals surface area contributed by atoms with Crippen molar-refractivity contribution < 1.29 is 4.79 Å². The number of rotatable bonds is 4. The Morgan fingerprint density at radius 2 is 2.10 bits per heavy atom. The second-order valence-electron chi connectivity index (χ2n) is 4.37. The molecule has 1 heterocycles. The molecule has 2 rings (SSSR count). The smallest absolute Gasteiger partial charge is 0.253 e. The van der Waals surface area contributed by atoms with E-state index in [1.54, 1.807) is 12.2 Å². The van der Waals surface area contributed by atoms with Crippen molar-refractivity contribution in [1.82, 2.24) is 10.3 Å². The highest BCUT2D eigenvalue weighted by molar-refractivity contribution is 6.45. The predicted molar refractivity (Wildman–Crippen MR) is 81.4 cm³/mol. The van der Waals surface area contributed by atoms with Gasteiger partial charge in [-0.1, -0.05) is 18.2 Å². The molecule has 1 aromatic rings. The van der Waals surface area contributed by atoms with Crippen LogP contribution in [0.3, 0.4) is 0 Å². The summed E-state index contributed by atoms with van der Waals surface area (Å²) < 4.78 is 0. The van der Waals surface area contributed by atoms with Crippen molar-refractivity contribution in [1.29, 1.82) is 5.41 Å². The molecule has 0 aliphatic carbocycles. The van der Waals surface area contributed by atoms with Gasteiger partial charge in [0.15, 0.2) is 5.84 Å². The van der Waals surface area contributed by atoms with Gasteiger partial charge in [-0.2, -0.15) is 5.10 Å². The minimum absolute atomic E-state index is 0.0528. The molecule has 0 spiro atoms. The van der Waals surface area contributed by atoms with Crippen LogP contribution in [0.15, 0.2) is 47.6 Å². The number of hydrazone groups is 1. The fourth-order valence-corrected chi connectivity index (χ4v) is 1.78. The Kier molecular flexibility index (Phi) is 4.64. The third-order valence-corrected chi connectivity index (χ3v) is 2.90. The largest absolute Gasteiger partial charge is 0.327 e. The Morgan fingerprint density at radius 3 is 2.76 bits per heavy atom. The highest BCUT2D eigenvalue weighted by Crippen LogP contribution is 2.09. The van der Waals surface area contributed by atoms with Gasteiger partial charge in [0.2, 0.25) is 0 Å². The van der Waals surface area contributed by atoms with Crippen LogP contribution in [0.1, 0.15) is 0 Å². The monoisotopic (exact) mass is 287 g/mol. The number of amides is 1. The number of carbonyl (C=O) groups excluding carboxylic acids is 1. The molecular formula is C13H17N7O. The summed E-state index contributed by atoms with van der Waals surface area (Å²) in [6.07, 6.45) is 2.73. The van der Waals surface area contributed by atoms with Gasteiger partial charge < -0.3 is 10.6 Å². The number of hydrogen-bond donors (Lipinski definition) is 5. The summed E-state index contributed by atoms with van der Waals surface area (Å²) in [6.45, 7) is -0.106. The summed E-state index contributed by atoms with van der Waals surface area (Å²) in [6, 6.07) is 9.35. The van der Waals surface area contributed by atoms with Gasteiger partial charge in [0, 0.05) is 0 Å². The highest BCUT2D eigenvalue weighted by atomic mass is 16.2. The van der Waals surface area contributed by atoms with Crippen LogP contribution in [0.2, 0.25) is 0 Å². The molecule has 0 radical (unpaired) electrons. The first kappa shape index (κ1) is 14.7. The maximum atomic E-state index is 11.3. The molecule has 1 aliphatic rings. The summed E-state index contributed by atoms with van der Waals surface area (Å²) in [5, 5.41) is 12.2. The minimum atomic E-state index is -0.564. The number of nitrogens with two attached hydrogens (primary N) is 2. The fraction of sp³-hybridized carbons (Fsp3) is 0.154. The zero-order chi connectivity index (χ0) is 15.2. The van der Waals surface area contributed by atoms with E-state index < -0.39 is 12.1 Å². The molecule has 1 unspecified atom stereocenters. The van der Waals surface area contributed by atoms with Gasteiger partial charge in [0.1, 0.15) is 12.3 Å². The summed E-state index contributed by atoms with van der Waals surface area (Å²) in [4.78, 5) is 12.7. The minimum Gasteiger partial charge on any atom is -0.327 e. The van der Waals surface area contributed by atoms with Crippen molar-refractivity contribution in [3.8, 4) is 0 Å². The van der Waals surface area contributed by atoms with E-state index in [1.165, 1.54) is 4.90 Å². The van der Waals surface area contributed by atoms with E-state index in [4.69, 9.17) is 17.0 Å². The van der Waals surface area contributed by atoms with E-state index in [2.05, 4.69) is 10.5 Å². The van der Waals surface area contributed by atoms with Crippen LogP contribution >= 0.6 is 0 Å². The average Bonchev–Trinajstić information content (AvgIpc) is 2.51. The molecular weight excluding hydrogens is 270 g/mol. The SMILES string of the molecule is N=C1/C(=N/Nc2ccccc2)C=CC(N)N1CC(=O)NN. The van der Waals surface area contributed by atoms with Gasteiger partial charge in [0.05, 0.1) is 11.9 Å². The number of anilines is 1. The summed E-state index contributed by atoms with van der Waals surface area (Å²) in [5.74, 6) is 4.67. The van der Waals surface area contributed by atoms with Gasteiger partial charge in [-0.05, 0) is 24.3 Å². The van der Waals surface area contributed by atoms with Gasteiger partial charge in [0.25, 0.3) is 5.91 Å². The number of benzene rings is 1. The number of para-hydroxylation sites is 1. The maximum Gasteiger partial charge on any atom is 0.253 e. The predicted octanol–water partition coefficient (Wildman–Crippen LogP) is -0.422. The van der Waals surface area contributed by atoms with Crippen LogP contribution in [0.4, 0.5) is 5.69 Å². The summed E-state index contributed by atoms with van der Waals surface area (Å²) in [7, 11) is 0. The Labute approximate surface area is 122 Å². The van der Waals surface area contributed by atoms with E-state index in [0.717, 1.165) is 5.69 Å². The van der Waals surface area contributed by atoms with E-state index in [9.17, 15) is 4.79 Å². The Hall–Kier alpha value is -2.71. The first-order valence-corrected chi connectivity index (χ1v) is 6.29. The zero-order valence-electron chi connectivity index (χ0n) is 11.3. The van der Waals surface area contributed by atoms with Crippen LogP contribution in [0.25, 0.3) is 0 Å². The first-order valence-electron chi connectivity index (χ1n) is 6.29. The molecule has 7 N–H and O–H groups in total. The number of nitrogens with one attached hydrogen (secondary N) is 3. The molecule has 0 aromatic heterocycles. The molecule has 110 valence electrons.